The van der Waals surface area contributed by atoms with Gasteiger partial charge < -0.3 is 14.3 Å². The van der Waals surface area contributed by atoms with Gasteiger partial charge in [-0.1, -0.05) is 6.07 Å². The van der Waals surface area contributed by atoms with E-state index in [2.05, 4.69) is 5.48 Å². The van der Waals surface area contributed by atoms with Gasteiger partial charge in [0.1, 0.15) is 13.2 Å². The fourth-order valence-electron chi connectivity index (χ4n) is 1.64. The molecule has 4 heteroatoms. The molecule has 0 atom stereocenters. The first-order valence-corrected chi connectivity index (χ1v) is 4.97. The number of fused-ring (bicyclic) bond motifs is 1. The van der Waals surface area contributed by atoms with Crippen LogP contribution in [0.5, 0.6) is 11.5 Å². The van der Waals surface area contributed by atoms with Crippen LogP contribution in [-0.4, -0.2) is 20.3 Å². The Hall–Kier alpha value is -1.26. The van der Waals surface area contributed by atoms with Crippen LogP contribution in [-0.2, 0) is 11.4 Å². The van der Waals surface area contributed by atoms with Gasteiger partial charge in [-0.3, -0.25) is 0 Å². The van der Waals surface area contributed by atoms with Crippen LogP contribution in [0.1, 0.15) is 11.1 Å². The van der Waals surface area contributed by atoms with Gasteiger partial charge >= 0.3 is 0 Å². The SMILES string of the molecule is CONCc1ccc2c(c1C)OCCO2. The van der Waals surface area contributed by atoms with E-state index < -0.39 is 0 Å². The second kappa shape index (κ2) is 4.51. The molecule has 0 aliphatic carbocycles. The Morgan fingerprint density at radius 1 is 1.33 bits per heavy atom. The molecule has 1 aromatic rings. The molecule has 0 bridgehead atoms. The number of benzene rings is 1. The van der Waals surface area contributed by atoms with Crippen LogP contribution in [0, 0.1) is 6.92 Å². The number of hydroxylamine groups is 1. The van der Waals surface area contributed by atoms with E-state index in [4.69, 9.17) is 14.3 Å². The van der Waals surface area contributed by atoms with Crippen LogP contribution < -0.4 is 15.0 Å². The van der Waals surface area contributed by atoms with Crippen molar-refractivity contribution in [2.75, 3.05) is 20.3 Å². The van der Waals surface area contributed by atoms with Crippen LogP contribution >= 0.6 is 0 Å². The highest BCUT2D eigenvalue weighted by atomic mass is 16.6. The molecule has 1 heterocycles. The molecular weight excluding hydrogens is 194 g/mol. The lowest BCUT2D eigenvalue weighted by Crippen LogP contribution is -2.18. The first kappa shape index (κ1) is 10.3. The Bertz CT molecular complexity index is 352. The van der Waals surface area contributed by atoms with Crippen LogP contribution in [0.3, 0.4) is 0 Å². The second-order valence-corrected chi connectivity index (χ2v) is 3.40. The minimum Gasteiger partial charge on any atom is -0.486 e. The van der Waals surface area contributed by atoms with Gasteiger partial charge in [0.2, 0.25) is 0 Å². The van der Waals surface area contributed by atoms with Crippen molar-refractivity contribution in [3.63, 3.8) is 0 Å². The summed E-state index contributed by atoms with van der Waals surface area (Å²) in [5, 5.41) is 0. The molecule has 0 aromatic heterocycles. The Kier molecular flexibility index (Phi) is 3.08. The summed E-state index contributed by atoms with van der Waals surface area (Å²) in [5.74, 6) is 1.69. The molecule has 1 aliphatic heterocycles. The van der Waals surface area contributed by atoms with Gasteiger partial charge in [0.15, 0.2) is 11.5 Å². The highest BCUT2D eigenvalue weighted by Crippen LogP contribution is 2.35. The predicted molar refractivity (Wildman–Crippen MR) is 56.0 cm³/mol. The first-order chi connectivity index (χ1) is 7.33. The Morgan fingerprint density at radius 3 is 2.93 bits per heavy atom. The summed E-state index contributed by atoms with van der Waals surface area (Å²) in [5.41, 5.74) is 5.08. The van der Waals surface area contributed by atoms with Gasteiger partial charge in [-0.2, -0.15) is 5.48 Å². The first-order valence-electron chi connectivity index (χ1n) is 4.97. The minimum atomic E-state index is 0.620. The topological polar surface area (TPSA) is 39.7 Å². The Balaban J connectivity index is 2.26. The van der Waals surface area contributed by atoms with Gasteiger partial charge in [-0.05, 0) is 24.1 Å². The summed E-state index contributed by atoms with van der Waals surface area (Å²) in [7, 11) is 1.60. The van der Waals surface area contributed by atoms with Crippen molar-refractivity contribution in [3.05, 3.63) is 23.3 Å². The fraction of sp³-hybridized carbons (Fsp3) is 0.455. The third kappa shape index (κ3) is 2.06. The van der Waals surface area contributed by atoms with Gasteiger partial charge in [0.05, 0.1) is 7.11 Å². The molecule has 1 aliphatic rings. The highest BCUT2D eigenvalue weighted by Gasteiger charge is 2.15. The zero-order valence-electron chi connectivity index (χ0n) is 9.00. The summed E-state index contributed by atoms with van der Waals surface area (Å²) in [6, 6.07) is 3.96. The molecule has 15 heavy (non-hydrogen) atoms. The molecule has 0 amide bonds. The van der Waals surface area contributed by atoms with Crippen LogP contribution in [0.4, 0.5) is 0 Å². The fourth-order valence-corrected chi connectivity index (χ4v) is 1.64. The number of rotatable bonds is 3. The zero-order valence-corrected chi connectivity index (χ0v) is 9.00. The molecule has 0 spiro atoms. The molecule has 2 rings (SSSR count). The van der Waals surface area contributed by atoms with E-state index in [1.165, 1.54) is 0 Å². The molecule has 4 nitrogen and oxygen atoms in total. The van der Waals surface area contributed by atoms with Crippen molar-refractivity contribution in [3.8, 4) is 11.5 Å². The minimum absolute atomic E-state index is 0.620. The van der Waals surface area contributed by atoms with E-state index in [0.717, 1.165) is 22.6 Å². The van der Waals surface area contributed by atoms with E-state index in [-0.39, 0.29) is 0 Å². The van der Waals surface area contributed by atoms with Crippen molar-refractivity contribution in [2.24, 2.45) is 0 Å². The molecule has 0 radical (unpaired) electrons. The molecule has 0 fully saturated rings. The normalized spacial score (nSPS) is 14.0. The van der Waals surface area contributed by atoms with Gasteiger partial charge in [-0.15, -0.1) is 0 Å². The van der Waals surface area contributed by atoms with E-state index >= 15 is 0 Å². The monoisotopic (exact) mass is 209 g/mol. The molecule has 0 saturated carbocycles. The van der Waals surface area contributed by atoms with E-state index in [9.17, 15) is 0 Å². The largest absolute Gasteiger partial charge is 0.486 e. The number of nitrogens with one attached hydrogen (secondary N) is 1. The number of ether oxygens (including phenoxy) is 2. The molecular formula is C11H15NO3. The highest BCUT2D eigenvalue weighted by molar-refractivity contribution is 5.50. The summed E-state index contributed by atoms with van der Waals surface area (Å²) in [6.07, 6.45) is 0. The van der Waals surface area contributed by atoms with Crippen LogP contribution in [0.2, 0.25) is 0 Å². The lowest BCUT2D eigenvalue weighted by atomic mass is 10.1. The third-order valence-corrected chi connectivity index (χ3v) is 2.48. The Morgan fingerprint density at radius 2 is 2.13 bits per heavy atom. The quantitative estimate of drug-likeness (QED) is 0.764. The standard InChI is InChI=1S/C11H15NO3/c1-8-9(7-12-13-2)3-4-10-11(8)15-6-5-14-10/h3-4,12H,5-7H2,1-2H3. The maximum Gasteiger partial charge on any atom is 0.164 e. The van der Waals surface area contributed by atoms with Gasteiger partial charge in [-0.25, -0.2) is 0 Å². The van der Waals surface area contributed by atoms with Crippen molar-refractivity contribution in [2.45, 2.75) is 13.5 Å². The van der Waals surface area contributed by atoms with Crippen molar-refractivity contribution in [1.82, 2.24) is 5.48 Å². The maximum absolute atomic E-state index is 5.58. The third-order valence-electron chi connectivity index (χ3n) is 2.48. The summed E-state index contributed by atoms with van der Waals surface area (Å²) in [4.78, 5) is 4.82. The average Bonchev–Trinajstić information content (AvgIpc) is 2.29. The summed E-state index contributed by atoms with van der Waals surface area (Å²) < 4.78 is 11.1. The Labute approximate surface area is 89.1 Å². The van der Waals surface area contributed by atoms with Gasteiger partial charge in [0.25, 0.3) is 0 Å². The molecule has 82 valence electrons. The predicted octanol–water partition coefficient (Wildman–Crippen LogP) is 1.42. The van der Waals surface area contributed by atoms with Crippen molar-refractivity contribution >= 4 is 0 Å². The molecule has 1 N–H and O–H groups in total. The van der Waals surface area contributed by atoms with Gasteiger partial charge in [0, 0.05) is 6.54 Å². The smallest absolute Gasteiger partial charge is 0.164 e. The second-order valence-electron chi connectivity index (χ2n) is 3.40. The maximum atomic E-state index is 5.58. The van der Waals surface area contributed by atoms with Crippen LogP contribution in [0.25, 0.3) is 0 Å². The van der Waals surface area contributed by atoms with Crippen LogP contribution in [0.15, 0.2) is 12.1 Å². The molecule has 0 unspecified atom stereocenters. The lowest BCUT2D eigenvalue weighted by molar-refractivity contribution is 0.0863. The van der Waals surface area contributed by atoms with Crippen molar-refractivity contribution < 1.29 is 14.3 Å². The van der Waals surface area contributed by atoms with Crippen molar-refractivity contribution in [1.29, 1.82) is 0 Å². The average molecular weight is 209 g/mol. The van der Waals surface area contributed by atoms with E-state index in [1.807, 2.05) is 19.1 Å². The number of hydrogen-bond donors (Lipinski definition) is 1. The van der Waals surface area contributed by atoms with E-state index in [0.29, 0.717) is 19.8 Å². The summed E-state index contributed by atoms with van der Waals surface area (Å²) >= 11 is 0. The molecule has 0 saturated heterocycles. The van der Waals surface area contributed by atoms with E-state index in [1.54, 1.807) is 7.11 Å². The lowest BCUT2D eigenvalue weighted by Gasteiger charge is -2.21. The number of hydrogen-bond acceptors (Lipinski definition) is 4. The summed E-state index contributed by atoms with van der Waals surface area (Å²) in [6.45, 7) is 3.94. The molecule has 1 aromatic carbocycles. The zero-order chi connectivity index (χ0) is 10.7.